The molecule has 0 bridgehead atoms. The average Bonchev–Trinajstić information content (AvgIpc) is 3.60. The first kappa shape index (κ1) is 22.6. The largest absolute Gasteiger partial charge is 0.396 e. The third kappa shape index (κ3) is 3.87. The summed E-state index contributed by atoms with van der Waals surface area (Å²) in [6.07, 6.45) is 5.89. The fourth-order valence-electron chi connectivity index (χ4n) is 4.49. The first-order valence-electron chi connectivity index (χ1n) is 10.8. The van der Waals surface area contributed by atoms with Crippen LogP contribution in [0.3, 0.4) is 0 Å². The second kappa shape index (κ2) is 8.53. The van der Waals surface area contributed by atoms with E-state index in [1.54, 1.807) is 41.4 Å². The normalized spacial score (nSPS) is 17.1. The van der Waals surface area contributed by atoms with Crippen LogP contribution in [0.4, 0.5) is 10.1 Å². The topological polar surface area (TPSA) is 73.8 Å². The molecule has 5 rings (SSSR count). The monoisotopic (exact) mass is 494 g/mol. The molecule has 1 fully saturated rings. The molecule has 0 spiro atoms. The van der Waals surface area contributed by atoms with Gasteiger partial charge in [-0.05, 0) is 79.1 Å². The lowest BCUT2D eigenvalue weighted by molar-refractivity contribution is 0.635. The van der Waals surface area contributed by atoms with E-state index in [1.165, 1.54) is 6.07 Å². The van der Waals surface area contributed by atoms with Gasteiger partial charge in [0.25, 0.3) is 5.56 Å². The number of rotatable bonds is 4. The summed E-state index contributed by atoms with van der Waals surface area (Å²) in [4.78, 5) is 22.0. The van der Waals surface area contributed by atoms with Crippen LogP contribution < -0.4 is 11.3 Å². The van der Waals surface area contributed by atoms with Gasteiger partial charge in [-0.2, -0.15) is 0 Å². The van der Waals surface area contributed by atoms with Crippen LogP contribution in [0.25, 0.3) is 16.9 Å². The molecule has 0 radical (unpaired) electrons. The highest BCUT2D eigenvalue weighted by Gasteiger charge is 2.41. The highest BCUT2D eigenvalue weighted by atomic mass is 35.5. The maximum Gasteiger partial charge on any atom is 0.274 e. The summed E-state index contributed by atoms with van der Waals surface area (Å²) in [7, 11) is 0. The van der Waals surface area contributed by atoms with Crippen LogP contribution in [0.1, 0.15) is 40.6 Å². The second-order valence-corrected chi connectivity index (χ2v) is 9.46. The predicted molar refractivity (Wildman–Crippen MR) is 133 cm³/mol. The Kier molecular flexibility index (Phi) is 5.66. The van der Waals surface area contributed by atoms with Crippen molar-refractivity contribution in [2.75, 3.05) is 5.73 Å². The Morgan fingerprint density at radius 2 is 1.88 bits per heavy atom. The van der Waals surface area contributed by atoms with E-state index in [1.807, 2.05) is 26.0 Å². The number of hydrogen-bond acceptors (Lipinski definition) is 4. The lowest BCUT2D eigenvalue weighted by atomic mass is 10.0. The van der Waals surface area contributed by atoms with Crippen molar-refractivity contribution < 1.29 is 4.39 Å². The smallest absolute Gasteiger partial charge is 0.274 e. The van der Waals surface area contributed by atoms with E-state index in [0.717, 1.165) is 28.8 Å². The van der Waals surface area contributed by atoms with Gasteiger partial charge in [0, 0.05) is 29.8 Å². The Bertz CT molecular complexity index is 1500. The summed E-state index contributed by atoms with van der Waals surface area (Å²) in [5.74, 6) is -0.194. The van der Waals surface area contributed by atoms with E-state index in [2.05, 4.69) is 9.97 Å². The maximum absolute atomic E-state index is 14.6. The number of pyridine rings is 3. The highest BCUT2D eigenvalue weighted by molar-refractivity contribution is 6.31. The van der Waals surface area contributed by atoms with Gasteiger partial charge in [-0.15, -0.1) is 0 Å². The molecule has 1 aromatic carbocycles. The van der Waals surface area contributed by atoms with Gasteiger partial charge in [-0.25, -0.2) is 4.39 Å². The Balaban J connectivity index is 1.57. The quantitative estimate of drug-likeness (QED) is 0.342. The van der Waals surface area contributed by atoms with Crippen molar-refractivity contribution >= 4 is 28.9 Å². The number of anilines is 1. The van der Waals surface area contributed by atoms with Gasteiger partial charge in [0.15, 0.2) is 5.82 Å². The number of aryl methyl sites for hydroxylation is 2. The van der Waals surface area contributed by atoms with Gasteiger partial charge in [0.1, 0.15) is 5.02 Å². The van der Waals surface area contributed by atoms with Crippen LogP contribution in [0.15, 0.2) is 59.8 Å². The van der Waals surface area contributed by atoms with Crippen molar-refractivity contribution in [2.45, 2.75) is 32.1 Å². The molecule has 1 saturated carbocycles. The first-order chi connectivity index (χ1) is 16.3. The Morgan fingerprint density at radius 1 is 1.09 bits per heavy atom. The molecular formula is C26H21Cl2FN4O. The van der Waals surface area contributed by atoms with Crippen LogP contribution in [0.2, 0.25) is 10.0 Å². The van der Waals surface area contributed by atoms with Crippen molar-refractivity contribution in [1.29, 1.82) is 0 Å². The molecule has 5 nitrogen and oxygen atoms in total. The zero-order valence-electron chi connectivity index (χ0n) is 18.5. The fraction of sp³-hybridized carbons (Fsp3) is 0.192. The summed E-state index contributed by atoms with van der Waals surface area (Å²) >= 11 is 12.7. The molecule has 3 aromatic heterocycles. The molecule has 0 amide bonds. The summed E-state index contributed by atoms with van der Waals surface area (Å²) in [6.45, 7) is 3.71. The summed E-state index contributed by atoms with van der Waals surface area (Å²) in [6, 6.07) is 10.3. The van der Waals surface area contributed by atoms with Crippen molar-refractivity contribution in [3.63, 3.8) is 0 Å². The van der Waals surface area contributed by atoms with Gasteiger partial charge < -0.3 is 5.73 Å². The number of hydrogen-bond donors (Lipinski definition) is 1. The average molecular weight is 495 g/mol. The highest BCUT2D eigenvalue weighted by Crippen LogP contribution is 2.56. The zero-order valence-corrected chi connectivity index (χ0v) is 20.0. The van der Waals surface area contributed by atoms with E-state index in [0.29, 0.717) is 16.4 Å². The number of benzene rings is 1. The molecule has 0 aliphatic heterocycles. The maximum atomic E-state index is 14.6. The van der Waals surface area contributed by atoms with E-state index in [4.69, 9.17) is 28.9 Å². The van der Waals surface area contributed by atoms with Crippen molar-refractivity contribution in [2.24, 2.45) is 0 Å². The van der Waals surface area contributed by atoms with E-state index < -0.39 is 5.82 Å². The van der Waals surface area contributed by atoms with E-state index in [-0.39, 0.29) is 33.7 Å². The molecule has 3 heterocycles. The molecule has 2 atom stereocenters. The Labute approximate surface area is 206 Å². The van der Waals surface area contributed by atoms with Gasteiger partial charge in [-0.1, -0.05) is 29.3 Å². The summed E-state index contributed by atoms with van der Waals surface area (Å²) < 4.78 is 16.2. The van der Waals surface area contributed by atoms with Crippen LogP contribution >= 0.6 is 23.2 Å². The molecular weight excluding hydrogens is 474 g/mol. The van der Waals surface area contributed by atoms with Gasteiger partial charge in [0.05, 0.1) is 22.1 Å². The summed E-state index contributed by atoms with van der Waals surface area (Å²) in [5.41, 5.74) is 10.0. The summed E-state index contributed by atoms with van der Waals surface area (Å²) in [5, 5.41) is 0.766. The minimum atomic E-state index is -0.544. The van der Waals surface area contributed by atoms with Crippen LogP contribution in [0, 0.1) is 19.7 Å². The number of halogens is 3. The number of nitrogens with two attached hydrogens (primary N) is 1. The SMILES string of the molecule is Cc1cnc(-c2cccc(N)c2F)cc1-n1c(C)cc([C@@H]2C[C@H]2c2cncc(Cl)c2)c(Cl)c1=O. The lowest BCUT2D eigenvalue weighted by Gasteiger charge is -2.17. The second-order valence-electron chi connectivity index (χ2n) is 8.65. The lowest BCUT2D eigenvalue weighted by Crippen LogP contribution is -2.23. The molecule has 34 heavy (non-hydrogen) atoms. The number of nitrogen functional groups attached to an aromatic ring is 1. The Hall–Kier alpha value is -3.22. The predicted octanol–water partition coefficient (Wildman–Crippen LogP) is 6.21. The molecule has 2 N–H and O–H groups in total. The molecule has 4 aromatic rings. The number of aromatic nitrogens is 3. The minimum absolute atomic E-state index is 0.0380. The van der Waals surface area contributed by atoms with E-state index >= 15 is 0 Å². The molecule has 172 valence electrons. The Morgan fingerprint density at radius 3 is 2.65 bits per heavy atom. The molecule has 1 aliphatic carbocycles. The molecule has 0 unspecified atom stereocenters. The van der Waals surface area contributed by atoms with Gasteiger partial charge >= 0.3 is 0 Å². The van der Waals surface area contributed by atoms with E-state index in [9.17, 15) is 9.18 Å². The van der Waals surface area contributed by atoms with Gasteiger partial charge in [-0.3, -0.25) is 19.3 Å². The molecule has 1 aliphatic rings. The standard InChI is InChI=1S/C26H21Cl2FN4O/c1-13-10-32-22(17-4-3-5-21(30)25(17)29)9-23(13)33-14(2)6-20(24(28)26(33)34)19-8-18(19)15-7-16(27)12-31-11-15/h3-7,9-12,18-19H,8,30H2,1-2H3/t18-,19+/m0/s1. The minimum Gasteiger partial charge on any atom is -0.396 e. The van der Waals surface area contributed by atoms with Crippen LogP contribution in [0.5, 0.6) is 0 Å². The zero-order chi connectivity index (χ0) is 24.1. The van der Waals surface area contributed by atoms with Crippen LogP contribution in [-0.2, 0) is 0 Å². The third-order valence-corrected chi connectivity index (χ3v) is 6.91. The van der Waals surface area contributed by atoms with Crippen molar-refractivity contribution in [3.05, 3.63) is 104 Å². The van der Waals surface area contributed by atoms with Crippen LogP contribution in [-0.4, -0.2) is 14.5 Å². The van der Waals surface area contributed by atoms with Crippen molar-refractivity contribution in [1.82, 2.24) is 14.5 Å². The molecule has 8 heteroatoms. The van der Waals surface area contributed by atoms with Crippen molar-refractivity contribution in [3.8, 4) is 16.9 Å². The molecule has 0 saturated heterocycles. The van der Waals surface area contributed by atoms with Gasteiger partial charge in [0.2, 0.25) is 0 Å². The fourth-order valence-corrected chi connectivity index (χ4v) is 4.95. The third-order valence-electron chi connectivity index (χ3n) is 6.33. The first-order valence-corrected chi connectivity index (χ1v) is 11.6. The number of nitrogens with zero attached hydrogens (tertiary/aromatic N) is 3.